The topological polar surface area (TPSA) is 37.4 Å². The third-order valence-electron chi connectivity index (χ3n) is 5.21. The molecule has 0 N–H and O–H groups in total. The number of carbonyl (C=O) groups excluding carboxylic acids is 2. The van der Waals surface area contributed by atoms with Crippen molar-refractivity contribution in [1.29, 1.82) is 0 Å². The Kier molecular flexibility index (Phi) is 5.62. The second kappa shape index (κ2) is 7.24. The van der Waals surface area contributed by atoms with Crippen LogP contribution in [0.25, 0.3) is 0 Å². The van der Waals surface area contributed by atoms with Crippen molar-refractivity contribution in [3.63, 3.8) is 0 Å². The number of amides is 1. The fourth-order valence-electron chi connectivity index (χ4n) is 4.09. The van der Waals surface area contributed by atoms with Crippen molar-refractivity contribution < 1.29 is 9.59 Å². The van der Waals surface area contributed by atoms with Crippen molar-refractivity contribution in [2.75, 3.05) is 7.05 Å². The fraction of sp³-hybridized carbons (Fsp3) is 0.882. The monoisotopic (exact) mass is 279 g/mol. The maximum absolute atomic E-state index is 12.7. The molecule has 0 aliphatic heterocycles. The lowest BCUT2D eigenvalue weighted by Crippen LogP contribution is -2.46. The van der Waals surface area contributed by atoms with Gasteiger partial charge >= 0.3 is 0 Å². The summed E-state index contributed by atoms with van der Waals surface area (Å²) >= 11 is 0. The van der Waals surface area contributed by atoms with Crippen molar-refractivity contribution in [3.8, 4) is 0 Å². The van der Waals surface area contributed by atoms with E-state index in [2.05, 4.69) is 6.92 Å². The van der Waals surface area contributed by atoms with E-state index in [1.54, 1.807) is 0 Å². The summed E-state index contributed by atoms with van der Waals surface area (Å²) in [5, 5.41) is 0. The van der Waals surface area contributed by atoms with Gasteiger partial charge in [-0.2, -0.15) is 0 Å². The SMILES string of the molecule is CCCC1CCCCC1N(C)C(=O)C1CCCC(=O)C1. The summed E-state index contributed by atoms with van der Waals surface area (Å²) in [6.07, 6.45) is 10.3. The molecule has 114 valence electrons. The highest BCUT2D eigenvalue weighted by molar-refractivity contribution is 5.88. The first-order valence-corrected chi connectivity index (χ1v) is 8.41. The molecule has 2 fully saturated rings. The minimum Gasteiger partial charge on any atom is -0.342 e. The molecule has 1 amide bonds. The van der Waals surface area contributed by atoms with Gasteiger partial charge in [0.05, 0.1) is 0 Å². The van der Waals surface area contributed by atoms with Crippen LogP contribution in [0, 0.1) is 11.8 Å². The zero-order valence-electron chi connectivity index (χ0n) is 13.1. The Balaban J connectivity index is 1.98. The Morgan fingerprint density at radius 3 is 2.65 bits per heavy atom. The Hall–Kier alpha value is -0.860. The van der Waals surface area contributed by atoms with Crippen molar-refractivity contribution in [2.45, 2.75) is 77.2 Å². The number of rotatable bonds is 4. The number of nitrogens with zero attached hydrogens (tertiary/aromatic N) is 1. The molecule has 20 heavy (non-hydrogen) atoms. The second-order valence-electron chi connectivity index (χ2n) is 6.68. The normalized spacial score (nSPS) is 31.1. The fourth-order valence-corrected chi connectivity index (χ4v) is 4.09. The average Bonchev–Trinajstić information content (AvgIpc) is 2.47. The van der Waals surface area contributed by atoms with E-state index in [1.165, 1.54) is 32.1 Å². The van der Waals surface area contributed by atoms with Gasteiger partial charge in [-0.3, -0.25) is 9.59 Å². The van der Waals surface area contributed by atoms with Crippen LogP contribution < -0.4 is 0 Å². The summed E-state index contributed by atoms with van der Waals surface area (Å²) in [7, 11) is 1.97. The van der Waals surface area contributed by atoms with Crippen LogP contribution in [-0.4, -0.2) is 29.7 Å². The molecule has 0 aromatic carbocycles. The largest absolute Gasteiger partial charge is 0.342 e. The molecule has 0 heterocycles. The lowest BCUT2D eigenvalue weighted by molar-refractivity contribution is -0.142. The zero-order chi connectivity index (χ0) is 14.5. The summed E-state index contributed by atoms with van der Waals surface area (Å²) in [6, 6.07) is 0.410. The molecule has 0 saturated heterocycles. The summed E-state index contributed by atoms with van der Waals surface area (Å²) in [5.74, 6) is 1.13. The van der Waals surface area contributed by atoms with E-state index in [-0.39, 0.29) is 17.6 Å². The molecule has 2 saturated carbocycles. The molecular weight excluding hydrogens is 250 g/mol. The Morgan fingerprint density at radius 1 is 1.20 bits per heavy atom. The van der Waals surface area contributed by atoms with Gasteiger partial charge in [0.1, 0.15) is 5.78 Å². The van der Waals surface area contributed by atoms with Crippen molar-refractivity contribution >= 4 is 11.7 Å². The molecule has 0 bridgehead atoms. The first kappa shape index (κ1) is 15.5. The standard InChI is InChI=1S/C17H29NO2/c1-3-7-13-8-4-5-11-16(13)18(2)17(20)14-9-6-10-15(19)12-14/h13-14,16H,3-12H2,1-2H3. The van der Waals surface area contributed by atoms with E-state index in [9.17, 15) is 9.59 Å². The first-order valence-electron chi connectivity index (χ1n) is 8.41. The lowest BCUT2D eigenvalue weighted by atomic mass is 9.80. The number of hydrogen-bond donors (Lipinski definition) is 0. The van der Waals surface area contributed by atoms with Crippen LogP contribution in [0.3, 0.4) is 0 Å². The molecule has 2 aliphatic carbocycles. The molecule has 3 nitrogen and oxygen atoms in total. The highest BCUT2D eigenvalue weighted by Gasteiger charge is 2.34. The van der Waals surface area contributed by atoms with E-state index < -0.39 is 0 Å². The van der Waals surface area contributed by atoms with Crippen LogP contribution in [0.5, 0.6) is 0 Å². The molecule has 0 aromatic heterocycles. The molecule has 3 heteroatoms. The van der Waals surface area contributed by atoms with Crippen LogP contribution in [-0.2, 0) is 9.59 Å². The van der Waals surface area contributed by atoms with Crippen molar-refractivity contribution in [3.05, 3.63) is 0 Å². The number of carbonyl (C=O) groups is 2. The van der Waals surface area contributed by atoms with E-state index in [4.69, 9.17) is 0 Å². The molecule has 3 unspecified atom stereocenters. The molecular formula is C17H29NO2. The third-order valence-corrected chi connectivity index (χ3v) is 5.21. The number of ketones is 1. The molecule has 2 aliphatic rings. The Bertz CT molecular complexity index is 351. The van der Waals surface area contributed by atoms with Gasteiger partial charge in [0, 0.05) is 31.8 Å². The molecule has 0 radical (unpaired) electrons. The summed E-state index contributed by atoms with van der Waals surface area (Å²) in [5.41, 5.74) is 0. The van der Waals surface area contributed by atoms with E-state index >= 15 is 0 Å². The van der Waals surface area contributed by atoms with Crippen LogP contribution >= 0.6 is 0 Å². The Labute approximate surface area is 123 Å². The molecule has 2 rings (SSSR count). The van der Waals surface area contributed by atoms with E-state index in [1.807, 2.05) is 11.9 Å². The second-order valence-corrected chi connectivity index (χ2v) is 6.68. The summed E-state index contributed by atoms with van der Waals surface area (Å²) in [4.78, 5) is 26.2. The summed E-state index contributed by atoms with van der Waals surface area (Å²) in [6.45, 7) is 2.23. The van der Waals surface area contributed by atoms with Crippen LogP contribution in [0.4, 0.5) is 0 Å². The predicted octanol–water partition coefficient (Wildman–Crippen LogP) is 3.56. The smallest absolute Gasteiger partial charge is 0.226 e. The van der Waals surface area contributed by atoms with Crippen molar-refractivity contribution in [2.24, 2.45) is 11.8 Å². The van der Waals surface area contributed by atoms with Crippen LogP contribution in [0.15, 0.2) is 0 Å². The highest BCUT2D eigenvalue weighted by Crippen LogP contribution is 2.33. The van der Waals surface area contributed by atoms with Crippen molar-refractivity contribution in [1.82, 2.24) is 4.90 Å². The number of hydrogen-bond acceptors (Lipinski definition) is 2. The van der Waals surface area contributed by atoms with Gasteiger partial charge in [-0.05, 0) is 38.0 Å². The van der Waals surface area contributed by atoms with Crippen LogP contribution in [0.2, 0.25) is 0 Å². The van der Waals surface area contributed by atoms with Gasteiger partial charge in [-0.15, -0.1) is 0 Å². The highest BCUT2D eigenvalue weighted by atomic mass is 16.2. The van der Waals surface area contributed by atoms with Gasteiger partial charge in [0.25, 0.3) is 0 Å². The first-order chi connectivity index (χ1) is 9.63. The minimum atomic E-state index is -0.0366. The minimum absolute atomic E-state index is 0.0366. The number of Topliss-reactive ketones (excluding diaryl/α,β-unsaturated/α-hetero) is 1. The summed E-state index contributed by atoms with van der Waals surface area (Å²) < 4.78 is 0. The van der Waals surface area contributed by atoms with Gasteiger partial charge in [0.15, 0.2) is 0 Å². The molecule has 3 atom stereocenters. The third kappa shape index (κ3) is 3.62. The molecule has 0 spiro atoms. The van der Waals surface area contributed by atoms with Gasteiger partial charge in [0.2, 0.25) is 5.91 Å². The zero-order valence-corrected chi connectivity index (χ0v) is 13.1. The maximum Gasteiger partial charge on any atom is 0.226 e. The van der Waals surface area contributed by atoms with Crippen LogP contribution in [0.1, 0.15) is 71.1 Å². The van der Waals surface area contributed by atoms with Gasteiger partial charge in [-0.25, -0.2) is 0 Å². The lowest BCUT2D eigenvalue weighted by Gasteiger charge is -2.40. The average molecular weight is 279 g/mol. The predicted molar refractivity (Wildman–Crippen MR) is 80.4 cm³/mol. The van der Waals surface area contributed by atoms with E-state index in [0.717, 1.165) is 19.3 Å². The quantitative estimate of drug-likeness (QED) is 0.789. The van der Waals surface area contributed by atoms with Gasteiger partial charge in [-0.1, -0.05) is 26.2 Å². The van der Waals surface area contributed by atoms with Gasteiger partial charge < -0.3 is 4.90 Å². The molecule has 0 aromatic rings. The Morgan fingerprint density at radius 2 is 1.95 bits per heavy atom. The maximum atomic E-state index is 12.7. The van der Waals surface area contributed by atoms with E-state index in [0.29, 0.717) is 24.8 Å².